The van der Waals surface area contributed by atoms with E-state index in [1.165, 1.54) is 0 Å². The summed E-state index contributed by atoms with van der Waals surface area (Å²) >= 11 is 5.01. The van der Waals surface area contributed by atoms with Crippen molar-refractivity contribution in [2.24, 2.45) is 5.41 Å². The molecule has 0 saturated heterocycles. The van der Waals surface area contributed by atoms with Crippen LogP contribution in [0.3, 0.4) is 0 Å². The maximum absolute atomic E-state index is 12.5. The number of nitrogens with one attached hydrogen (secondary N) is 3. The quantitative estimate of drug-likeness (QED) is 0.209. The minimum Gasteiger partial charge on any atom is -0.301 e. The molecule has 0 bridgehead atoms. The SMILES string of the molecule is CCCCCONNC(=S)NC(=O)C(C)(C)C(=O)c1ccccc1. The van der Waals surface area contributed by atoms with Gasteiger partial charge in [-0.25, -0.2) is 0 Å². The molecule has 0 saturated carbocycles. The van der Waals surface area contributed by atoms with E-state index < -0.39 is 11.3 Å². The van der Waals surface area contributed by atoms with Crippen molar-refractivity contribution in [2.45, 2.75) is 40.0 Å². The van der Waals surface area contributed by atoms with Gasteiger partial charge in [0.25, 0.3) is 0 Å². The number of amides is 1. The van der Waals surface area contributed by atoms with Crippen LogP contribution in [-0.2, 0) is 9.63 Å². The first-order valence-electron chi connectivity index (χ1n) is 7.97. The topological polar surface area (TPSA) is 79.5 Å². The average molecular weight is 351 g/mol. The van der Waals surface area contributed by atoms with Gasteiger partial charge in [0.05, 0.1) is 6.61 Å². The molecular formula is C17H25N3O3S. The van der Waals surface area contributed by atoms with Crippen LogP contribution < -0.4 is 16.3 Å². The molecule has 6 nitrogen and oxygen atoms in total. The summed E-state index contributed by atoms with van der Waals surface area (Å²) in [5.74, 6) is -0.756. The number of rotatable bonds is 9. The van der Waals surface area contributed by atoms with Crippen molar-refractivity contribution in [3.63, 3.8) is 0 Å². The normalized spacial score (nSPS) is 11.0. The van der Waals surface area contributed by atoms with Crippen molar-refractivity contribution >= 4 is 29.0 Å². The molecule has 7 heteroatoms. The van der Waals surface area contributed by atoms with Crippen molar-refractivity contribution in [3.05, 3.63) is 35.9 Å². The van der Waals surface area contributed by atoms with E-state index in [0.29, 0.717) is 12.2 Å². The predicted octanol–water partition coefficient (Wildman–Crippen LogP) is 2.51. The Hall–Kier alpha value is -1.83. The molecule has 0 fully saturated rings. The summed E-state index contributed by atoms with van der Waals surface area (Å²) < 4.78 is 0. The van der Waals surface area contributed by atoms with Gasteiger partial charge >= 0.3 is 0 Å². The molecule has 132 valence electrons. The number of benzene rings is 1. The maximum Gasteiger partial charge on any atom is 0.239 e. The van der Waals surface area contributed by atoms with Crippen molar-refractivity contribution in [2.75, 3.05) is 6.61 Å². The molecule has 1 aromatic rings. The molecule has 0 aliphatic carbocycles. The van der Waals surface area contributed by atoms with E-state index in [1.54, 1.807) is 38.1 Å². The first kappa shape index (κ1) is 20.2. The van der Waals surface area contributed by atoms with Crippen molar-refractivity contribution in [1.82, 2.24) is 16.3 Å². The van der Waals surface area contributed by atoms with Crippen LogP contribution in [0.25, 0.3) is 0 Å². The lowest BCUT2D eigenvalue weighted by Gasteiger charge is -2.22. The second-order valence-electron chi connectivity index (χ2n) is 5.89. The molecule has 3 N–H and O–H groups in total. The van der Waals surface area contributed by atoms with Crippen LogP contribution in [0.15, 0.2) is 30.3 Å². The highest BCUT2D eigenvalue weighted by molar-refractivity contribution is 7.80. The average Bonchev–Trinajstić information content (AvgIpc) is 2.58. The van der Waals surface area contributed by atoms with E-state index >= 15 is 0 Å². The molecule has 1 aromatic carbocycles. The van der Waals surface area contributed by atoms with Gasteiger partial charge in [0.1, 0.15) is 5.41 Å². The third-order valence-electron chi connectivity index (χ3n) is 3.49. The van der Waals surface area contributed by atoms with Gasteiger partial charge in [0.15, 0.2) is 10.9 Å². The molecule has 0 aliphatic heterocycles. The highest BCUT2D eigenvalue weighted by Gasteiger charge is 2.36. The second-order valence-corrected chi connectivity index (χ2v) is 6.29. The lowest BCUT2D eigenvalue weighted by molar-refractivity contribution is -0.125. The molecule has 0 aliphatic rings. The molecule has 0 heterocycles. The van der Waals surface area contributed by atoms with E-state index in [4.69, 9.17) is 17.1 Å². The highest BCUT2D eigenvalue weighted by Crippen LogP contribution is 2.22. The van der Waals surface area contributed by atoms with Gasteiger partial charge in [-0.15, -0.1) is 5.59 Å². The van der Waals surface area contributed by atoms with Gasteiger partial charge in [0, 0.05) is 5.56 Å². The predicted molar refractivity (Wildman–Crippen MR) is 97.0 cm³/mol. The Labute approximate surface area is 148 Å². The molecule has 0 unspecified atom stereocenters. The molecule has 0 atom stereocenters. The van der Waals surface area contributed by atoms with Crippen molar-refractivity contribution in [3.8, 4) is 0 Å². The standard InChI is InChI=1S/C17H25N3O3S/c1-4-5-9-12-23-20-19-16(24)18-15(22)17(2,3)14(21)13-10-7-6-8-11-13/h6-8,10-11,20H,4-5,9,12H2,1-3H3,(H2,18,19,22,24). The Balaban J connectivity index is 2.45. The van der Waals surface area contributed by atoms with Gasteiger partial charge < -0.3 is 5.32 Å². The van der Waals surface area contributed by atoms with E-state index in [9.17, 15) is 9.59 Å². The second kappa shape index (κ2) is 10.1. The molecule has 1 amide bonds. The first-order valence-corrected chi connectivity index (χ1v) is 8.38. The maximum atomic E-state index is 12.5. The smallest absolute Gasteiger partial charge is 0.239 e. The Morgan fingerprint density at radius 2 is 1.83 bits per heavy atom. The minimum absolute atomic E-state index is 0.0458. The summed E-state index contributed by atoms with van der Waals surface area (Å²) in [4.78, 5) is 29.9. The highest BCUT2D eigenvalue weighted by atomic mass is 32.1. The van der Waals surface area contributed by atoms with Crippen molar-refractivity contribution < 1.29 is 14.4 Å². The minimum atomic E-state index is -1.24. The molecule has 24 heavy (non-hydrogen) atoms. The van der Waals surface area contributed by atoms with E-state index in [1.807, 2.05) is 6.07 Å². The number of Topliss-reactive ketones (excluding diaryl/α,β-unsaturated/α-hetero) is 1. The van der Waals surface area contributed by atoms with Crippen LogP contribution in [0.5, 0.6) is 0 Å². The zero-order chi connectivity index (χ0) is 18.0. The summed E-state index contributed by atoms with van der Waals surface area (Å²) in [6.07, 6.45) is 3.12. The summed E-state index contributed by atoms with van der Waals surface area (Å²) in [6, 6.07) is 8.69. The van der Waals surface area contributed by atoms with Crippen LogP contribution in [0.4, 0.5) is 0 Å². The third-order valence-corrected chi connectivity index (χ3v) is 3.69. The van der Waals surface area contributed by atoms with Crippen LogP contribution >= 0.6 is 12.2 Å². The Kier molecular flexibility index (Phi) is 8.53. The number of hydrogen-bond acceptors (Lipinski definition) is 5. The fourth-order valence-electron chi connectivity index (χ4n) is 1.90. The molecule has 0 spiro atoms. The number of thiocarbonyl (C=S) groups is 1. The summed E-state index contributed by atoms with van der Waals surface area (Å²) in [7, 11) is 0. The summed E-state index contributed by atoms with van der Waals surface area (Å²) in [5.41, 5.74) is 4.27. The third kappa shape index (κ3) is 6.35. The Morgan fingerprint density at radius 3 is 2.46 bits per heavy atom. The van der Waals surface area contributed by atoms with E-state index in [0.717, 1.165) is 19.3 Å². The van der Waals surface area contributed by atoms with Gasteiger partial charge in [0.2, 0.25) is 5.91 Å². The molecular weight excluding hydrogens is 326 g/mol. The first-order chi connectivity index (χ1) is 11.4. The van der Waals surface area contributed by atoms with Gasteiger partial charge in [-0.2, -0.15) is 0 Å². The van der Waals surface area contributed by atoms with Crippen LogP contribution in [0.2, 0.25) is 0 Å². The van der Waals surface area contributed by atoms with E-state index in [-0.39, 0.29) is 10.9 Å². The van der Waals surface area contributed by atoms with Crippen LogP contribution in [0, 0.1) is 5.41 Å². The Morgan fingerprint density at radius 1 is 1.17 bits per heavy atom. The molecule has 0 radical (unpaired) electrons. The van der Waals surface area contributed by atoms with E-state index in [2.05, 4.69) is 23.3 Å². The van der Waals surface area contributed by atoms with Gasteiger partial charge in [-0.05, 0) is 32.5 Å². The number of hydrogen-bond donors (Lipinski definition) is 3. The van der Waals surface area contributed by atoms with Crippen LogP contribution in [0.1, 0.15) is 50.4 Å². The number of hydrazine groups is 1. The zero-order valence-electron chi connectivity index (χ0n) is 14.3. The largest absolute Gasteiger partial charge is 0.301 e. The van der Waals surface area contributed by atoms with Gasteiger partial charge in [-0.1, -0.05) is 50.1 Å². The summed E-state index contributed by atoms with van der Waals surface area (Å²) in [6.45, 7) is 5.77. The van der Waals surface area contributed by atoms with Crippen LogP contribution in [-0.4, -0.2) is 23.4 Å². The molecule has 1 rings (SSSR count). The number of carbonyl (C=O) groups is 2. The fraction of sp³-hybridized carbons (Fsp3) is 0.471. The van der Waals surface area contributed by atoms with Gasteiger partial charge in [-0.3, -0.25) is 19.9 Å². The fourth-order valence-corrected chi connectivity index (χ4v) is 2.04. The number of unbranched alkanes of at least 4 members (excludes halogenated alkanes) is 2. The Bertz CT molecular complexity index is 561. The lowest BCUT2D eigenvalue weighted by Crippen LogP contribution is -2.51. The van der Waals surface area contributed by atoms with Crippen molar-refractivity contribution in [1.29, 1.82) is 0 Å². The summed E-state index contributed by atoms with van der Waals surface area (Å²) in [5, 5.41) is 2.54. The monoisotopic (exact) mass is 351 g/mol. The number of carbonyl (C=O) groups excluding carboxylic acids is 2. The zero-order valence-corrected chi connectivity index (χ0v) is 15.2. The number of ketones is 1. The lowest BCUT2D eigenvalue weighted by atomic mass is 9.83. The molecule has 0 aromatic heterocycles.